The predicted molar refractivity (Wildman–Crippen MR) is 56.1 cm³/mol. The van der Waals surface area contributed by atoms with E-state index in [0.717, 1.165) is 11.3 Å². The van der Waals surface area contributed by atoms with Gasteiger partial charge in [-0.2, -0.15) is 0 Å². The third-order valence-electron chi connectivity index (χ3n) is 1.39. The second-order valence-electron chi connectivity index (χ2n) is 2.51. The Morgan fingerprint density at radius 1 is 1.25 bits per heavy atom. The molecule has 0 aromatic carbocycles. The minimum Gasteiger partial charge on any atom is -0.296 e. The maximum atomic E-state index is 4.21. The normalized spacial score (nSPS) is 15.0. The number of nitrogens with zero attached hydrogens (tertiary/aromatic N) is 2. The Bertz CT molecular complexity index is 232. The summed E-state index contributed by atoms with van der Waals surface area (Å²) in [5, 5.41) is 0. The van der Waals surface area contributed by atoms with Crippen molar-refractivity contribution in [1.29, 1.82) is 0 Å². The van der Waals surface area contributed by atoms with Crippen LogP contribution in [0.3, 0.4) is 0 Å². The lowest BCUT2D eigenvalue weighted by Gasteiger charge is -1.89. The fraction of sp³-hybridized carbons (Fsp3) is 0.400. The van der Waals surface area contributed by atoms with Gasteiger partial charge in [-0.05, 0) is 32.4 Å². The zero-order chi connectivity index (χ0) is 9.40. The fourth-order valence-corrected chi connectivity index (χ4v) is 0.504. The molecule has 2 nitrogen and oxygen atoms in total. The highest BCUT2D eigenvalue weighted by Gasteiger charge is 1.80. The zero-order valence-electron chi connectivity index (χ0n) is 8.20. The summed E-state index contributed by atoms with van der Waals surface area (Å²) in [6, 6.07) is 0. The van der Waals surface area contributed by atoms with Crippen LogP contribution in [0.4, 0.5) is 0 Å². The van der Waals surface area contributed by atoms with Crippen LogP contribution in [0.25, 0.3) is 0 Å². The third kappa shape index (κ3) is 5.59. The summed E-state index contributed by atoms with van der Waals surface area (Å²) in [5.41, 5.74) is 2.12. The van der Waals surface area contributed by atoms with Gasteiger partial charge in [-0.3, -0.25) is 9.98 Å². The smallest absolute Gasteiger partial charge is 0.0387 e. The van der Waals surface area contributed by atoms with Gasteiger partial charge in [0, 0.05) is 25.2 Å². The molecule has 0 aliphatic rings. The lowest BCUT2D eigenvalue weighted by atomic mass is 10.3. The van der Waals surface area contributed by atoms with E-state index in [9.17, 15) is 0 Å². The minimum absolute atomic E-state index is 0.960. The van der Waals surface area contributed by atoms with E-state index >= 15 is 0 Å². The average molecular weight is 164 g/mol. The van der Waals surface area contributed by atoms with Crippen LogP contribution in [0.5, 0.6) is 0 Å². The molecule has 0 heterocycles. The van der Waals surface area contributed by atoms with Crippen molar-refractivity contribution < 1.29 is 0 Å². The summed E-state index contributed by atoms with van der Waals surface area (Å²) in [6.45, 7) is 5.96. The van der Waals surface area contributed by atoms with Crippen LogP contribution in [0.15, 0.2) is 33.4 Å². The lowest BCUT2D eigenvalue weighted by Crippen LogP contribution is -1.78. The number of rotatable bonds is 3. The molecule has 0 N–H and O–H groups in total. The predicted octanol–water partition coefficient (Wildman–Crippen LogP) is 2.63. The highest BCUT2D eigenvalue weighted by atomic mass is 14.7. The quantitative estimate of drug-likeness (QED) is 0.573. The summed E-state index contributed by atoms with van der Waals surface area (Å²) in [4.78, 5) is 8.04. The molecule has 0 unspecified atom stereocenters. The van der Waals surface area contributed by atoms with Gasteiger partial charge in [-0.15, -0.1) is 0 Å². The molecule has 0 aliphatic heterocycles. The molecule has 0 radical (unpaired) electrons. The zero-order valence-corrected chi connectivity index (χ0v) is 8.20. The summed E-state index contributed by atoms with van der Waals surface area (Å²) in [6.07, 6.45) is 7.47. The molecule has 12 heavy (non-hydrogen) atoms. The van der Waals surface area contributed by atoms with E-state index in [2.05, 4.69) is 9.98 Å². The minimum atomic E-state index is 0.960. The summed E-state index contributed by atoms with van der Waals surface area (Å²) in [7, 11) is 1.74. The van der Waals surface area contributed by atoms with Gasteiger partial charge in [0.1, 0.15) is 0 Å². The van der Waals surface area contributed by atoms with Crippen molar-refractivity contribution in [2.45, 2.75) is 20.8 Å². The highest BCUT2D eigenvalue weighted by Crippen LogP contribution is 1.94. The van der Waals surface area contributed by atoms with Crippen molar-refractivity contribution >= 4 is 12.4 Å². The molecule has 66 valence electrons. The van der Waals surface area contributed by atoms with Crippen LogP contribution in [0.1, 0.15) is 20.8 Å². The molecule has 0 atom stereocenters. The summed E-state index contributed by atoms with van der Waals surface area (Å²) < 4.78 is 0. The van der Waals surface area contributed by atoms with Gasteiger partial charge < -0.3 is 0 Å². The molecular formula is C10H16N2. The highest BCUT2D eigenvalue weighted by molar-refractivity contribution is 5.79. The topological polar surface area (TPSA) is 24.7 Å². The molecule has 0 aromatic rings. The molecule has 0 saturated carbocycles. The van der Waals surface area contributed by atoms with Crippen LogP contribution >= 0.6 is 0 Å². The Morgan fingerprint density at radius 2 is 1.92 bits per heavy atom. The Kier molecular flexibility index (Phi) is 5.88. The maximum Gasteiger partial charge on any atom is 0.0387 e. The van der Waals surface area contributed by atoms with Crippen molar-refractivity contribution in [2.75, 3.05) is 7.05 Å². The first-order valence-electron chi connectivity index (χ1n) is 3.96. The van der Waals surface area contributed by atoms with E-state index < -0.39 is 0 Å². The first kappa shape index (κ1) is 10.8. The average Bonchev–Trinajstić information content (AvgIpc) is 2.10. The Hall–Kier alpha value is -1.18. The van der Waals surface area contributed by atoms with Gasteiger partial charge in [0.25, 0.3) is 0 Å². The molecule has 0 saturated heterocycles. The van der Waals surface area contributed by atoms with E-state index in [-0.39, 0.29) is 0 Å². The monoisotopic (exact) mass is 164 g/mol. The lowest BCUT2D eigenvalue weighted by molar-refractivity contribution is 1.32. The van der Waals surface area contributed by atoms with Gasteiger partial charge in [0.05, 0.1) is 0 Å². The molecule has 0 aliphatic carbocycles. The van der Waals surface area contributed by atoms with Crippen LogP contribution < -0.4 is 0 Å². The molecule has 0 fully saturated rings. The number of hydrogen-bond acceptors (Lipinski definition) is 2. The van der Waals surface area contributed by atoms with E-state index in [1.165, 1.54) is 0 Å². The number of aliphatic imine (C=N–C) groups is 2. The SMILES string of the molecule is C\C=C(C)/C=N\C(C)=C\C=N/C. The summed E-state index contributed by atoms with van der Waals surface area (Å²) >= 11 is 0. The van der Waals surface area contributed by atoms with Crippen LogP contribution in [-0.4, -0.2) is 19.5 Å². The fourth-order valence-electron chi connectivity index (χ4n) is 0.504. The Balaban J connectivity index is 4.16. The van der Waals surface area contributed by atoms with Gasteiger partial charge in [-0.25, -0.2) is 0 Å². The van der Waals surface area contributed by atoms with Crippen molar-refractivity contribution in [3.63, 3.8) is 0 Å². The van der Waals surface area contributed by atoms with Crippen molar-refractivity contribution in [3.05, 3.63) is 23.4 Å². The van der Waals surface area contributed by atoms with Crippen LogP contribution in [0.2, 0.25) is 0 Å². The van der Waals surface area contributed by atoms with Crippen LogP contribution in [0, 0.1) is 0 Å². The van der Waals surface area contributed by atoms with Gasteiger partial charge in [0.2, 0.25) is 0 Å². The van der Waals surface area contributed by atoms with Crippen molar-refractivity contribution in [1.82, 2.24) is 0 Å². The Morgan fingerprint density at radius 3 is 2.42 bits per heavy atom. The third-order valence-corrected chi connectivity index (χ3v) is 1.39. The van der Waals surface area contributed by atoms with E-state index in [1.807, 2.05) is 39.1 Å². The second kappa shape index (κ2) is 6.53. The van der Waals surface area contributed by atoms with E-state index in [1.54, 1.807) is 13.3 Å². The number of hydrogen-bond donors (Lipinski definition) is 0. The van der Waals surface area contributed by atoms with Gasteiger partial charge in [0.15, 0.2) is 0 Å². The molecule has 0 amide bonds. The first-order chi connectivity index (χ1) is 5.70. The molecular weight excluding hydrogens is 148 g/mol. The van der Waals surface area contributed by atoms with Crippen molar-refractivity contribution in [3.8, 4) is 0 Å². The molecule has 2 heteroatoms. The molecule has 0 spiro atoms. The summed E-state index contributed by atoms with van der Waals surface area (Å²) in [5.74, 6) is 0. The molecule has 0 rings (SSSR count). The molecule has 0 bridgehead atoms. The Labute approximate surface area is 74.4 Å². The van der Waals surface area contributed by atoms with E-state index in [0.29, 0.717) is 0 Å². The van der Waals surface area contributed by atoms with Gasteiger partial charge >= 0.3 is 0 Å². The second-order valence-corrected chi connectivity index (χ2v) is 2.51. The standard InChI is InChI=1S/C10H16N2/c1-5-9(2)8-12-10(3)6-7-11-4/h5-8H,1-4H3/b9-5-,10-6+,11-7-,12-8-. The largest absolute Gasteiger partial charge is 0.296 e. The first-order valence-corrected chi connectivity index (χ1v) is 3.96. The van der Waals surface area contributed by atoms with Gasteiger partial charge in [-0.1, -0.05) is 6.08 Å². The van der Waals surface area contributed by atoms with Crippen LogP contribution in [-0.2, 0) is 0 Å². The molecule has 0 aromatic heterocycles. The van der Waals surface area contributed by atoms with Crippen molar-refractivity contribution in [2.24, 2.45) is 9.98 Å². The van der Waals surface area contributed by atoms with E-state index in [4.69, 9.17) is 0 Å². The maximum absolute atomic E-state index is 4.21. The number of allylic oxidation sites excluding steroid dienone is 4.